The molecule has 0 N–H and O–H groups in total. The molecule has 2 aromatic carbocycles. The monoisotopic (exact) mass is 484 g/mol. The van der Waals surface area contributed by atoms with Crippen LogP contribution in [0.3, 0.4) is 0 Å². The van der Waals surface area contributed by atoms with Crippen LogP contribution < -0.4 is 4.74 Å². The molecule has 0 unspecified atom stereocenters. The summed E-state index contributed by atoms with van der Waals surface area (Å²) in [5.74, 6) is -0.472. The minimum absolute atomic E-state index is 0.0117. The Kier molecular flexibility index (Phi) is 4.66. The number of aliphatic imine (C=N–C) groups is 1. The molecule has 2 aliphatic rings. The van der Waals surface area contributed by atoms with E-state index in [9.17, 15) is 17.6 Å². The summed E-state index contributed by atoms with van der Waals surface area (Å²) >= 11 is 0. The third-order valence-electron chi connectivity index (χ3n) is 6.04. The summed E-state index contributed by atoms with van der Waals surface area (Å²) in [4.78, 5) is 9.00. The lowest BCUT2D eigenvalue weighted by Crippen LogP contribution is -2.10. The van der Waals surface area contributed by atoms with Gasteiger partial charge in [-0.1, -0.05) is 11.3 Å². The van der Waals surface area contributed by atoms with Crippen LogP contribution >= 0.6 is 0 Å². The lowest BCUT2D eigenvalue weighted by molar-refractivity contribution is -0.140. The van der Waals surface area contributed by atoms with Crippen LogP contribution in [0.4, 0.5) is 17.6 Å². The molecule has 8 nitrogen and oxygen atoms in total. The Morgan fingerprint density at radius 1 is 1.11 bits per heavy atom. The second kappa shape index (κ2) is 7.65. The highest BCUT2D eigenvalue weighted by Crippen LogP contribution is 2.36. The van der Waals surface area contributed by atoms with Crippen LogP contribution in [-0.4, -0.2) is 44.2 Å². The molecule has 2 aliphatic heterocycles. The molecule has 0 saturated carbocycles. The fourth-order valence-electron chi connectivity index (χ4n) is 4.33. The van der Waals surface area contributed by atoms with Gasteiger partial charge in [0.25, 0.3) is 0 Å². The number of hydrogen-bond acceptors (Lipinski definition) is 6. The molecule has 0 amide bonds. The molecule has 35 heavy (non-hydrogen) atoms. The van der Waals surface area contributed by atoms with Crippen molar-refractivity contribution in [2.45, 2.75) is 18.6 Å². The molecule has 12 heteroatoms. The van der Waals surface area contributed by atoms with Crippen molar-refractivity contribution < 1.29 is 27.0 Å². The first-order valence-corrected chi connectivity index (χ1v) is 10.6. The molecular formula is C23H16F4N6O2. The van der Waals surface area contributed by atoms with Crippen molar-refractivity contribution in [3.63, 3.8) is 0 Å². The van der Waals surface area contributed by atoms with E-state index in [0.717, 1.165) is 34.9 Å². The molecule has 0 aliphatic carbocycles. The van der Waals surface area contributed by atoms with Gasteiger partial charge in [-0.05, 0) is 29.8 Å². The van der Waals surface area contributed by atoms with Gasteiger partial charge in [-0.3, -0.25) is 4.57 Å². The quantitative estimate of drug-likeness (QED) is 0.361. The highest BCUT2D eigenvalue weighted by Gasteiger charge is 2.36. The SMILES string of the molecule is COc1ccc2c(c1)-n1nncc1Cc1c(C3=N[C@@H](c4ccc(F)c(C(F)(F)F)c4)CO3)ncn1-2. The van der Waals surface area contributed by atoms with Crippen molar-refractivity contribution in [2.75, 3.05) is 13.7 Å². The maximum absolute atomic E-state index is 13.7. The average molecular weight is 484 g/mol. The maximum atomic E-state index is 13.7. The summed E-state index contributed by atoms with van der Waals surface area (Å²) in [7, 11) is 1.58. The van der Waals surface area contributed by atoms with Crippen molar-refractivity contribution in [3.05, 3.63) is 82.9 Å². The summed E-state index contributed by atoms with van der Waals surface area (Å²) in [6, 6.07) is 7.67. The standard InChI is InChI=1S/C23H16F4N6O2/c1-34-14-3-5-18-19(8-14)33-13(9-29-31-33)7-20-21(28-11-32(18)20)22-30-17(10-35-22)12-2-4-16(24)15(6-12)23(25,26)27/h2-6,8-9,11,17H,7,10H2,1H3/t17-/m1/s1. The van der Waals surface area contributed by atoms with E-state index in [1.54, 1.807) is 24.3 Å². The number of hydrogen-bond donors (Lipinski definition) is 0. The van der Waals surface area contributed by atoms with Crippen LogP contribution in [0, 0.1) is 5.82 Å². The first-order valence-electron chi connectivity index (χ1n) is 10.6. The van der Waals surface area contributed by atoms with Crippen LogP contribution in [0.2, 0.25) is 0 Å². The van der Waals surface area contributed by atoms with Crippen molar-refractivity contribution in [3.8, 4) is 17.1 Å². The summed E-state index contributed by atoms with van der Waals surface area (Å²) in [5, 5.41) is 8.23. The van der Waals surface area contributed by atoms with E-state index in [1.165, 1.54) is 6.07 Å². The number of aromatic nitrogens is 5. The average Bonchev–Trinajstić information content (AvgIpc) is 3.57. The summed E-state index contributed by atoms with van der Waals surface area (Å²) in [6.45, 7) is 0.0117. The number of benzene rings is 2. The van der Waals surface area contributed by atoms with E-state index in [0.29, 0.717) is 17.9 Å². The number of methoxy groups -OCH3 is 1. The zero-order chi connectivity index (χ0) is 24.3. The Hall–Kier alpha value is -4.22. The normalized spacial score (nSPS) is 16.6. The lowest BCUT2D eigenvalue weighted by Gasteiger charge is -2.11. The Morgan fingerprint density at radius 2 is 1.97 bits per heavy atom. The number of ether oxygens (including phenoxy) is 2. The molecule has 6 rings (SSSR count). The van der Waals surface area contributed by atoms with Gasteiger partial charge in [0.1, 0.15) is 36.2 Å². The molecule has 1 atom stereocenters. The minimum atomic E-state index is -4.81. The molecule has 0 bridgehead atoms. The molecule has 0 saturated heterocycles. The van der Waals surface area contributed by atoms with E-state index >= 15 is 0 Å². The van der Waals surface area contributed by atoms with E-state index in [2.05, 4.69) is 20.3 Å². The van der Waals surface area contributed by atoms with Gasteiger partial charge in [-0.15, -0.1) is 5.10 Å². The first kappa shape index (κ1) is 21.3. The Morgan fingerprint density at radius 3 is 2.77 bits per heavy atom. The van der Waals surface area contributed by atoms with Gasteiger partial charge in [0, 0.05) is 12.5 Å². The number of imidazole rings is 1. The first-order chi connectivity index (χ1) is 16.8. The third kappa shape index (κ3) is 3.44. The van der Waals surface area contributed by atoms with Gasteiger partial charge >= 0.3 is 6.18 Å². The zero-order valence-corrected chi connectivity index (χ0v) is 18.1. The van der Waals surface area contributed by atoms with Gasteiger partial charge in [-0.2, -0.15) is 13.2 Å². The Labute approximate surface area is 195 Å². The van der Waals surface area contributed by atoms with Gasteiger partial charge in [0.2, 0.25) is 5.90 Å². The van der Waals surface area contributed by atoms with Crippen molar-refractivity contribution in [1.82, 2.24) is 24.5 Å². The van der Waals surface area contributed by atoms with E-state index in [4.69, 9.17) is 9.47 Å². The molecule has 0 radical (unpaired) electrons. The Balaban J connectivity index is 1.42. The van der Waals surface area contributed by atoms with Crippen molar-refractivity contribution >= 4 is 5.90 Å². The molecule has 2 aromatic heterocycles. The van der Waals surface area contributed by atoms with Crippen LogP contribution in [0.5, 0.6) is 5.75 Å². The van der Waals surface area contributed by atoms with Crippen LogP contribution in [0.1, 0.15) is 34.3 Å². The molecule has 178 valence electrons. The highest BCUT2D eigenvalue weighted by molar-refractivity contribution is 5.95. The van der Waals surface area contributed by atoms with E-state index in [-0.39, 0.29) is 18.1 Å². The second-order valence-electron chi connectivity index (χ2n) is 8.08. The van der Waals surface area contributed by atoms with Crippen molar-refractivity contribution in [2.24, 2.45) is 4.99 Å². The maximum Gasteiger partial charge on any atom is 0.419 e. The molecular weight excluding hydrogens is 468 g/mol. The highest BCUT2D eigenvalue weighted by atomic mass is 19.4. The molecule has 4 aromatic rings. The molecule has 4 heterocycles. The summed E-state index contributed by atoms with van der Waals surface area (Å²) < 4.78 is 67.9. The number of rotatable bonds is 3. The van der Waals surface area contributed by atoms with E-state index < -0.39 is 23.6 Å². The van der Waals surface area contributed by atoms with Gasteiger partial charge in [0.15, 0.2) is 0 Å². The minimum Gasteiger partial charge on any atom is -0.497 e. The number of fused-ring (bicyclic) bond motifs is 5. The summed E-state index contributed by atoms with van der Waals surface area (Å²) in [6.07, 6.45) is -1.12. The zero-order valence-electron chi connectivity index (χ0n) is 18.1. The van der Waals surface area contributed by atoms with Crippen LogP contribution in [-0.2, 0) is 17.3 Å². The largest absolute Gasteiger partial charge is 0.497 e. The molecule has 0 spiro atoms. The van der Waals surface area contributed by atoms with Gasteiger partial charge < -0.3 is 9.47 Å². The lowest BCUT2D eigenvalue weighted by atomic mass is 10.0. The fraction of sp³-hybridized carbons (Fsp3) is 0.217. The van der Waals surface area contributed by atoms with Gasteiger partial charge in [0.05, 0.1) is 41.6 Å². The Bertz CT molecular complexity index is 1490. The number of alkyl halides is 3. The number of nitrogens with zero attached hydrogens (tertiary/aromatic N) is 6. The van der Waals surface area contributed by atoms with Gasteiger partial charge in [-0.25, -0.2) is 19.0 Å². The van der Waals surface area contributed by atoms with Crippen LogP contribution in [0.15, 0.2) is 53.9 Å². The smallest absolute Gasteiger partial charge is 0.419 e. The molecule has 0 fully saturated rings. The number of halogens is 4. The predicted molar refractivity (Wildman–Crippen MR) is 114 cm³/mol. The fourth-order valence-corrected chi connectivity index (χ4v) is 4.33. The third-order valence-corrected chi connectivity index (χ3v) is 6.04. The van der Waals surface area contributed by atoms with E-state index in [1.807, 2.05) is 22.8 Å². The second-order valence-corrected chi connectivity index (χ2v) is 8.08. The van der Waals surface area contributed by atoms with Crippen LogP contribution in [0.25, 0.3) is 11.4 Å². The topological polar surface area (TPSA) is 79.3 Å². The predicted octanol–water partition coefficient (Wildman–Crippen LogP) is 4.04. The summed E-state index contributed by atoms with van der Waals surface area (Å²) in [5.41, 5.74) is 2.42. The van der Waals surface area contributed by atoms with Crippen molar-refractivity contribution in [1.29, 1.82) is 0 Å².